The fraction of sp³-hybridized carbons (Fsp3) is 0.310. The van der Waals surface area contributed by atoms with Crippen molar-refractivity contribution in [2.75, 3.05) is 42.4 Å². The molecule has 4 aromatic rings. The molecule has 1 aromatic heterocycles. The fourth-order valence-electron chi connectivity index (χ4n) is 4.21. The number of carbonyl (C=O) groups is 1. The van der Waals surface area contributed by atoms with E-state index >= 15 is 0 Å². The highest BCUT2D eigenvalue weighted by Crippen LogP contribution is 2.32. The summed E-state index contributed by atoms with van der Waals surface area (Å²) in [4.78, 5) is 22.7. The van der Waals surface area contributed by atoms with E-state index in [1.165, 1.54) is 40.4 Å². The zero-order valence-corrected chi connectivity index (χ0v) is 25.4. The van der Waals surface area contributed by atoms with E-state index in [1.807, 2.05) is 6.07 Å². The van der Waals surface area contributed by atoms with Crippen molar-refractivity contribution in [1.29, 1.82) is 0 Å². The number of sulfonamides is 1. The number of carbonyl (C=O) groups excluding carboxylic acids is 1. The van der Waals surface area contributed by atoms with E-state index in [1.54, 1.807) is 41.3 Å². The topological polar surface area (TPSA) is 73.8 Å². The van der Waals surface area contributed by atoms with Gasteiger partial charge in [0.25, 0.3) is 15.9 Å². The summed E-state index contributed by atoms with van der Waals surface area (Å²) in [5.41, 5.74) is 4.20. The average molecular weight is 587 g/mol. The maximum absolute atomic E-state index is 13.8. The molecule has 208 valence electrons. The Morgan fingerprint density at radius 2 is 1.51 bits per heavy atom. The molecule has 0 unspecified atom stereocenters. The Kier molecular flexibility index (Phi) is 10.1. The van der Waals surface area contributed by atoms with E-state index in [0.29, 0.717) is 29.5 Å². The van der Waals surface area contributed by atoms with Crippen molar-refractivity contribution in [1.82, 2.24) is 9.88 Å². The van der Waals surface area contributed by atoms with E-state index in [-0.39, 0.29) is 23.2 Å². The molecule has 0 aliphatic carbocycles. The molecule has 10 heteroatoms. The van der Waals surface area contributed by atoms with E-state index in [4.69, 9.17) is 4.98 Å². The van der Waals surface area contributed by atoms with Crippen molar-refractivity contribution in [3.8, 4) is 0 Å². The highest BCUT2D eigenvalue weighted by Gasteiger charge is 2.25. The lowest BCUT2D eigenvalue weighted by molar-refractivity contribution is 0.0983. The zero-order valence-electron chi connectivity index (χ0n) is 22.9. The lowest BCUT2D eigenvalue weighted by Crippen LogP contribution is -2.38. The predicted octanol–water partition coefficient (Wildman–Crippen LogP) is 6.15. The number of aromatic nitrogens is 1. The number of para-hydroxylation sites is 1. The van der Waals surface area contributed by atoms with Crippen LogP contribution in [0.5, 0.6) is 0 Å². The molecule has 0 saturated carbocycles. The van der Waals surface area contributed by atoms with Crippen molar-refractivity contribution in [3.63, 3.8) is 0 Å². The van der Waals surface area contributed by atoms with Crippen LogP contribution in [0.4, 0.5) is 10.8 Å². The summed E-state index contributed by atoms with van der Waals surface area (Å²) in [5.74, 6) is -0.204. The maximum atomic E-state index is 13.8. The number of anilines is 2. The molecule has 0 aliphatic rings. The molecule has 3 aromatic carbocycles. The molecule has 0 atom stereocenters. The zero-order chi connectivity index (χ0) is 27.4. The number of thiazole rings is 1. The number of fused-ring (bicyclic) bond motifs is 1. The number of hydrogen-bond acceptors (Lipinski definition) is 6. The molecule has 0 radical (unpaired) electrons. The first-order valence-electron chi connectivity index (χ1n) is 12.7. The molecule has 7 nitrogen and oxygen atoms in total. The Labute approximate surface area is 241 Å². The Balaban J connectivity index is 0.00000420. The van der Waals surface area contributed by atoms with Gasteiger partial charge in [-0.2, -0.15) is 0 Å². The third-order valence-corrected chi connectivity index (χ3v) is 9.72. The minimum atomic E-state index is -3.77. The number of likely N-dealkylation sites (N-methyl/N-ethyl adjacent to an activating group) is 1. The first-order valence-corrected chi connectivity index (χ1v) is 15.0. The summed E-state index contributed by atoms with van der Waals surface area (Å²) < 4.78 is 28.6. The molecule has 0 bridgehead atoms. The second-order valence-corrected chi connectivity index (χ2v) is 12.2. The smallest absolute Gasteiger partial charge is 0.264 e. The molecular formula is C29H35ClN4O3S2. The highest BCUT2D eigenvalue weighted by atomic mass is 35.5. The summed E-state index contributed by atoms with van der Waals surface area (Å²) in [6, 6.07) is 19.2. The van der Waals surface area contributed by atoms with Gasteiger partial charge >= 0.3 is 0 Å². The van der Waals surface area contributed by atoms with Crippen molar-refractivity contribution < 1.29 is 13.2 Å². The first kappa shape index (κ1) is 30.6. The van der Waals surface area contributed by atoms with Gasteiger partial charge in [-0.1, -0.05) is 43.4 Å². The van der Waals surface area contributed by atoms with Gasteiger partial charge in [-0.3, -0.25) is 14.0 Å². The molecular weight excluding hydrogens is 552 g/mol. The van der Waals surface area contributed by atoms with Crippen LogP contribution in [-0.2, 0) is 10.0 Å². The Bertz CT molecular complexity index is 1480. The van der Waals surface area contributed by atoms with Crippen LogP contribution in [-0.4, -0.2) is 57.4 Å². The third kappa shape index (κ3) is 6.61. The van der Waals surface area contributed by atoms with Crippen LogP contribution in [0.25, 0.3) is 10.2 Å². The summed E-state index contributed by atoms with van der Waals surface area (Å²) in [6.07, 6.45) is 0. The molecule has 0 aliphatic heterocycles. The number of aryl methyl sites for hydroxylation is 2. The van der Waals surface area contributed by atoms with Gasteiger partial charge in [0.05, 0.1) is 20.8 Å². The summed E-state index contributed by atoms with van der Waals surface area (Å²) in [5, 5.41) is 0.641. The predicted molar refractivity (Wildman–Crippen MR) is 164 cm³/mol. The van der Waals surface area contributed by atoms with E-state index < -0.39 is 10.0 Å². The quantitative estimate of drug-likeness (QED) is 0.223. The van der Waals surface area contributed by atoms with E-state index in [0.717, 1.165) is 28.9 Å². The van der Waals surface area contributed by atoms with Crippen LogP contribution in [0, 0.1) is 13.8 Å². The van der Waals surface area contributed by atoms with Crippen LogP contribution in [0.2, 0.25) is 0 Å². The Morgan fingerprint density at radius 1 is 0.897 bits per heavy atom. The van der Waals surface area contributed by atoms with Gasteiger partial charge in [0.15, 0.2) is 5.13 Å². The molecule has 1 amide bonds. The molecule has 39 heavy (non-hydrogen) atoms. The first-order chi connectivity index (χ1) is 18.1. The normalized spacial score (nSPS) is 11.4. The van der Waals surface area contributed by atoms with Gasteiger partial charge in [-0.15, -0.1) is 12.4 Å². The Hall–Kier alpha value is -2.98. The minimum absolute atomic E-state index is 0. The van der Waals surface area contributed by atoms with Gasteiger partial charge in [-0.05, 0) is 86.6 Å². The molecule has 4 rings (SSSR count). The Morgan fingerprint density at radius 3 is 2.13 bits per heavy atom. The van der Waals surface area contributed by atoms with Gasteiger partial charge in [-0.25, -0.2) is 13.4 Å². The largest absolute Gasteiger partial charge is 0.302 e. The minimum Gasteiger partial charge on any atom is -0.302 e. The lowest BCUT2D eigenvalue weighted by atomic mass is 10.1. The second-order valence-electron chi connectivity index (χ2n) is 9.22. The molecule has 0 saturated heterocycles. The van der Waals surface area contributed by atoms with Crippen LogP contribution in [0.1, 0.15) is 35.3 Å². The average Bonchev–Trinajstić information content (AvgIpc) is 3.33. The monoisotopic (exact) mass is 586 g/mol. The van der Waals surface area contributed by atoms with E-state index in [9.17, 15) is 13.2 Å². The molecule has 1 heterocycles. The number of nitrogens with zero attached hydrogens (tertiary/aromatic N) is 4. The maximum Gasteiger partial charge on any atom is 0.264 e. The van der Waals surface area contributed by atoms with Gasteiger partial charge in [0.1, 0.15) is 0 Å². The van der Waals surface area contributed by atoms with Crippen molar-refractivity contribution in [3.05, 3.63) is 83.4 Å². The van der Waals surface area contributed by atoms with Crippen molar-refractivity contribution in [2.24, 2.45) is 0 Å². The summed E-state index contributed by atoms with van der Waals surface area (Å²) in [7, 11) is -2.25. The third-order valence-electron chi connectivity index (χ3n) is 6.88. The van der Waals surface area contributed by atoms with Gasteiger partial charge in [0, 0.05) is 25.7 Å². The number of benzene rings is 3. The molecule has 0 fully saturated rings. The number of halogens is 1. The summed E-state index contributed by atoms with van der Waals surface area (Å²) >= 11 is 1.50. The van der Waals surface area contributed by atoms with Crippen molar-refractivity contribution >= 4 is 60.7 Å². The number of rotatable bonds is 10. The van der Waals surface area contributed by atoms with Crippen LogP contribution in [0.15, 0.2) is 71.6 Å². The summed E-state index contributed by atoms with van der Waals surface area (Å²) in [6.45, 7) is 11.3. The van der Waals surface area contributed by atoms with Crippen LogP contribution < -0.4 is 9.21 Å². The fourth-order valence-corrected chi connectivity index (χ4v) is 6.47. The van der Waals surface area contributed by atoms with Gasteiger partial charge < -0.3 is 4.90 Å². The van der Waals surface area contributed by atoms with Gasteiger partial charge in [0.2, 0.25) is 0 Å². The lowest BCUT2D eigenvalue weighted by Gasteiger charge is -2.25. The van der Waals surface area contributed by atoms with Crippen molar-refractivity contribution in [2.45, 2.75) is 32.6 Å². The molecule has 0 N–H and O–H groups in total. The second kappa shape index (κ2) is 12.9. The van der Waals surface area contributed by atoms with Crippen LogP contribution in [0.3, 0.4) is 0 Å². The van der Waals surface area contributed by atoms with E-state index in [2.05, 4.69) is 44.7 Å². The molecule has 0 spiro atoms. The van der Waals surface area contributed by atoms with Crippen LogP contribution >= 0.6 is 23.7 Å². The highest BCUT2D eigenvalue weighted by molar-refractivity contribution is 7.92. The SMILES string of the molecule is CCN(CC)CCN(C(=O)c1ccc(S(=O)(=O)N(C)c2ccccc2)cc1)c1nc2cc(C)c(C)cc2s1.Cl. The number of amides is 1. The number of hydrogen-bond donors (Lipinski definition) is 0. The standard InChI is InChI=1S/C29H34N4O3S2.ClH/c1-6-32(7-2)17-18-33(29-30-26-19-21(3)22(4)20-27(26)37-29)28(34)23-13-15-25(16-14-23)38(35,36)31(5)24-11-9-8-10-12-24;/h8-16,19-20H,6-7,17-18H2,1-5H3;1H.